The van der Waals surface area contributed by atoms with Gasteiger partial charge < -0.3 is 10.6 Å². The van der Waals surface area contributed by atoms with Crippen LogP contribution in [0.5, 0.6) is 0 Å². The molecule has 1 aliphatic heterocycles. The Morgan fingerprint density at radius 1 is 1.28 bits per heavy atom. The molecule has 1 aliphatic rings. The van der Waals surface area contributed by atoms with Crippen LogP contribution >= 0.6 is 0 Å². The van der Waals surface area contributed by atoms with E-state index in [2.05, 4.69) is 10.6 Å². The number of rotatable bonds is 4. The first-order chi connectivity index (χ1) is 8.30. The first-order valence-corrected chi connectivity index (χ1v) is 7.91. The van der Waals surface area contributed by atoms with Gasteiger partial charge >= 0.3 is 11.8 Å². The molecule has 0 saturated carbocycles. The van der Waals surface area contributed by atoms with Gasteiger partial charge in [-0.3, -0.25) is 9.59 Å². The second kappa shape index (κ2) is 6.17. The van der Waals surface area contributed by atoms with Crippen molar-refractivity contribution in [2.24, 2.45) is 5.92 Å². The lowest BCUT2D eigenvalue weighted by molar-refractivity contribution is -0.139. The Kier molecular flexibility index (Phi) is 5.13. The van der Waals surface area contributed by atoms with Gasteiger partial charge in [0.25, 0.3) is 0 Å². The molecule has 1 atom stereocenters. The molecule has 0 aromatic carbocycles. The van der Waals surface area contributed by atoms with E-state index in [1.165, 1.54) is 0 Å². The maximum atomic E-state index is 11.5. The largest absolute Gasteiger partial charge is 0.348 e. The van der Waals surface area contributed by atoms with E-state index in [1.807, 2.05) is 13.8 Å². The summed E-state index contributed by atoms with van der Waals surface area (Å²) in [6.45, 7) is 4.50. The van der Waals surface area contributed by atoms with Gasteiger partial charge in [0.15, 0.2) is 9.84 Å². The van der Waals surface area contributed by atoms with Crippen LogP contribution in [0, 0.1) is 5.92 Å². The van der Waals surface area contributed by atoms with Gasteiger partial charge in [-0.1, -0.05) is 13.8 Å². The summed E-state index contributed by atoms with van der Waals surface area (Å²) in [7, 11) is -3.04. The van der Waals surface area contributed by atoms with E-state index >= 15 is 0 Å². The summed E-state index contributed by atoms with van der Waals surface area (Å²) in [5.41, 5.74) is 0. The van der Waals surface area contributed by atoms with Crippen molar-refractivity contribution < 1.29 is 18.0 Å². The third-order valence-electron chi connectivity index (χ3n) is 2.78. The van der Waals surface area contributed by atoms with Gasteiger partial charge in [-0.15, -0.1) is 0 Å². The van der Waals surface area contributed by atoms with Gasteiger partial charge in [-0.05, 0) is 18.8 Å². The number of hydrogen-bond donors (Lipinski definition) is 2. The topological polar surface area (TPSA) is 92.3 Å². The van der Waals surface area contributed by atoms with Crippen molar-refractivity contribution in [1.82, 2.24) is 10.6 Å². The number of carbonyl (C=O) groups excluding carboxylic acids is 2. The van der Waals surface area contributed by atoms with Crippen molar-refractivity contribution in [2.45, 2.75) is 32.7 Å². The molecule has 1 heterocycles. The Balaban J connectivity index is 2.30. The molecular formula is C11H20N2O4S. The van der Waals surface area contributed by atoms with Crippen LogP contribution in [0.15, 0.2) is 0 Å². The van der Waals surface area contributed by atoms with Gasteiger partial charge in [0.1, 0.15) is 0 Å². The lowest BCUT2D eigenvalue weighted by atomic mass is 10.1. The maximum absolute atomic E-state index is 11.5. The molecule has 0 bridgehead atoms. The van der Waals surface area contributed by atoms with E-state index in [9.17, 15) is 18.0 Å². The van der Waals surface area contributed by atoms with Crippen LogP contribution in [0.1, 0.15) is 26.7 Å². The highest BCUT2D eigenvalue weighted by Crippen LogP contribution is 2.10. The van der Waals surface area contributed by atoms with Crippen LogP contribution in [-0.4, -0.2) is 44.3 Å². The third kappa shape index (κ3) is 5.03. The van der Waals surface area contributed by atoms with E-state index < -0.39 is 27.7 Å². The zero-order valence-electron chi connectivity index (χ0n) is 10.7. The molecule has 0 aromatic heterocycles. The first-order valence-electron chi connectivity index (χ1n) is 6.09. The fraction of sp³-hybridized carbons (Fsp3) is 0.818. The normalized spacial score (nSPS) is 21.8. The number of carbonyl (C=O) groups is 2. The molecule has 0 radical (unpaired) electrons. The Bertz CT molecular complexity index is 417. The van der Waals surface area contributed by atoms with E-state index in [0.717, 1.165) is 6.42 Å². The number of hydrogen-bond acceptors (Lipinski definition) is 4. The molecule has 0 aliphatic carbocycles. The van der Waals surface area contributed by atoms with Gasteiger partial charge in [0, 0.05) is 12.6 Å². The summed E-state index contributed by atoms with van der Waals surface area (Å²) >= 11 is 0. The summed E-state index contributed by atoms with van der Waals surface area (Å²) in [6, 6.07) is -0.432. The van der Waals surface area contributed by atoms with Crippen LogP contribution < -0.4 is 10.6 Å². The molecule has 1 rings (SSSR count). The zero-order chi connectivity index (χ0) is 13.8. The lowest BCUT2D eigenvalue weighted by Gasteiger charge is -2.11. The zero-order valence-corrected chi connectivity index (χ0v) is 11.5. The van der Waals surface area contributed by atoms with Gasteiger partial charge in [0.2, 0.25) is 0 Å². The molecule has 1 fully saturated rings. The predicted molar refractivity (Wildman–Crippen MR) is 67.7 cm³/mol. The average Bonchev–Trinajstić information content (AvgIpc) is 2.57. The van der Waals surface area contributed by atoms with Gasteiger partial charge in [-0.25, -0.2) is 8.42 Å². The molecule has 0 spiro atoms. The standard InChI is InChI=1S/C11H20N2O4S/c1-8(2)3-5-12-10(14)11(15)13-9-4-6-18(16,17)7-9/h8-9H,3-7H2,1-2H3,(H,12,14)(H,13,15). The van der Waals surface area contributed by atoms with Crippen LogP contribution in [0.4, 0.5) is 0 Å². The predicted octanol–water partition coefficient (Wildman–Crippen LogP) is -0.548. The summed E-state index contributed by atoms with van der Waals surface area (Å²) in [5.74, 6) is -0.987. The van der Waals surface area contributed by atoms with Crippen LogP contribution in [-0.2, 0) is 19.4 Å². The Morgan fingerprint density at radius 3 is 2.44 bits per heavy atom. The fourth-order valence-corrected chi connectivity index (χ4v) is 3.39. The van der Waals surface area contributed by atoms with Crippen LogP contribution in [0.25, 0.3) is 0 Å². The van der Waals surface area contributed by atoms with Gasteiger partial charge in [0.05, 0.1) is 11.5 Å². The minimum absolute atomic E-state index is 0.0714. The molecule has 7 heteroatoms. The number of nitrogens with one attached hydrogen (secondary N) is 2. The lowest BCUT2D eigenvalue weighted by Crippen LogP contribution is -2.45. The first kappa shape index (κ1) is 14.9. The summed E-state index contributed by atoms with van der Waals surface area (Å²) in [6.07, 6.45) is 1.18. The molecule has 6 nitrogen and oxygen atoms in total. The SMILES string of the molecule is CC(C)CCNC(=O)C(=O)NC1CCS(=O)(=O)C1. The quantitative estimate of drug-likeness (QED) is 0.674. The highest BCUT2D eigenvalue weighted by atomic mass is 32.2. The molecule has 1 saturated heterocycles. The van der Waals surface area contributed by atoms with Crippen molar-refractivity contribution in [3.05, 3.63) is 0 Å². The monoisotopic (exact) mass is 276 g/mol. The molecule has 18 heavy (non-hydrogen) atoms. The second-order valence-electron chi connectivity index (χ2n) is 5.01. The summed E-state index contributed by atoms with van der Waals surface area (Å²) in [5, 5.41) is 4.95. The van der Waals surface area contributed by atoms with Crippen LogP contribution in [0.2, 0.25) is 0 Å². The summed E-state index contributed by atoms with van der Waals surface area (Å²) in [4.78, 5) is 22.9. The second-order valence-corrected chi connectivity index (χ2v) is 7.24. The minimum Gasteiger partial charge on any atom is -0.348 e. The molecule has 0 aromatic rings. The van der Waals surface area contributed by atoms with Crippen molar-refractivity contribution in [3.8, 4) is 0 Å². The molecule has 2 amide bonds. The molecular weight excluding hydrogens is 256 g/mol. The molecule has 1 unspecified atom stereocenters. The van der Waals surface area contributed by atoms with Crippen molar-refractivity contribution in [1.29, 1.82) is 0 Å². The van der Waals surface area contributed by atoms with E-state index in [1.54, 1.807) is 0 Å². The van der Waals surface area contributed by atoms with Gasteiger partial charge in [-0.2, -0.15) is 0 Å². The number of sulfone groups is 1. The summed E-state index contributed by atoms with van der Waals surface area (Å²) < 4.78 is 22.4. The van der Waals surface area contributed by atoms with E-state index in [4.69, 9.17) is 0 Å². The van der Waals surface area contributed by atoms with Crippen molar-refractivity contribution >= 4 is 21.7 Å². The Labute approximate surface area is 107 Å². The smallest absolute Gasteiger partial charge is 0.309 e. The highest BCUT2D eigenvalue weighted by Gasteiger charge is 2.30. The van der Waals surface area contributed by atoms with E-state index in [0.29, 0.717) is 18.9 Å². The highest BCUT2D eigenvalue weighted by molar-refractivity contribution is 7.91. The Hall–Kier alpha value is -1.11. The van der Waals surface area contributed by atoms with Crippen molar-refractivity contribution in [3.63, 3.8) is 0 Å². The maximum Gasteiger partial charge on any atom is 0.309 e. The third-order valence-corrected chi connectivity index (χ3v) is 4.55. The Morgan fingerprint density at radius 2 is 1.94 bits per heavy atom. The molecule has 2 N–H and O–H groups in total. The number of amides is 2. The molecule has 104 valence electrons. The minimum atomic E-state index is -3.04. The average molecular weight is 276 g/mol. The van der Waals surface area contributed by atoms with Crippen LogP contribution in [0.3, 0.4) is 0 Å². The van der Waals surface area contributed by atoms with Crippen molar-refractivity contribution in [2.75, 3.05) is 18.1 Å². The fourth-order valence-electron chi connectivity index (χ4n) is 1.71. The van der Waals surface area contributed by atoms with E-state index in [-0.39, 0.29) is 11.5 Å².